The highest BCUT2D eigenvalue weighted by molar-refractivity contribution is 6.33. The van der Waals surface area contributed by atoms with Crippen molar-refractivity contribution in [3.63, 3.8) is 0 Å². The van der Waals surface area contributed by atoms with Crippen LogP contribution in [0.25, 0.3) is 0 Å². The fourth-order valence-electron chi connectivity index (χ4n) is 1.55. The molecule has 0 bridgehead atoms. The Bertz CT molecular complexity index is 346. The molecule has 0 atom stereocenters. The second-order valence-electron chi connectivity index (χ2n) is 3.36. The van der Waals surface area contributed by atoms with Gasteiger partial charge in [0.05, 0.1) is 0 Å². The molecule has 1 aromatic heterocycles. The lowest BCUT2D eigenvalue weighted by atomic mass is 10.00. The predicted octanol–water partition coefficient (Wildman–Crippen LogP) is 2.82. The summed E-state index contributed by atoms with van der Waals surface area (Å²) in [6.07, 6.45) is 1.64. The summed E-state index contributed by atoms with van der Waals surface area (Å²) >= 11 is 11.2. The van der Waals surface area contributed by atoms with Crippen LogP contribution in [0.2, 0.25) is 10.3 Å². The Morgan fingerprint density at radius 2 is 1.67 bits per heavy atom. The van der Waals surface area contributed by atoms with Gasteiger partial charge in [-0.2, -0.15) is 0 Å². The van der Waals surface area contributed by atoms with Crippen LogP contribution in [0.4, 0.5) is 4.39 Å². The summed E-state index contributed by atoms with van der Waals surface area (Å²) in [6, 6.07) is 0. The van der Waals surface area contributed by atoms with E-state index in [2.05, 4.69) is 9.97 Å². The van der Waals surface area contributed by atoms with E-state index in [9.17, 15) is 4.39 Å². The summed E-state index contributed by atoms with van der Waals surface area (Å²) < 4.78 is 18.3. The summed E-state index contributed by atoms with van der Waals surface area (Å²) in [4.78, 5) is 7.79. The monoisotopic (exact) mass is 250 g/mol. The number of aromatic nitrogens is 2. The normalized spacial score (nSPS) is 18.1. The largest absolute Gasteiger partial charge is 0.381 e. The molecular formula is C9H9Cl2FN2O. The average Bonchev–Trinajstić information content (AvgIpc) is 2.26. The summed E-state index contributed by atoms with van der Waals surface area (Å²) in [6.45, 7) is 1.33. The second-order valence-corrected chi connectivity index (χ2v) is 4.08. The molecule has 0 radical (unpaired) electrons. The van der Waals surface area contributed by atoms with Crippen molar-refractivity contribution < 1.29 is 9.13 Å². The van der Waals surface area contributed by atoms with Crippen molar-refractivity contribution in [2.24, 2.45) is 0 Å². The molecule has 1 saturated heterocycles. The molecule has 0 spiro atoms. The van der Waals surface area contributed by atoms with Gasteiger partial charge in [0.15, 0.2) is 16.1 Å². The summed E-state index contributed by atoms with van der Waals surface area (Å²) in [5, 5.41) is -0.423. The third-order valence-corrected chi connectivity index (χ3v) is 2.87. The molecule has 1 aliphatic rings. The quantitative estimate of drug-likeness (QED) is 0.720. The fraction of sp³-hybridized carbons (Fsp3) is 0.556. The second kappa shape index (κ2) is 4.60. The molecule has 82 valence electrons. The van der Waals surface area contributed by atoms with E-state index < -0.39 is 5.82 Å². The predicted molar refractivity (Wildman–Crippen MR) is 54.8 cm³/mol. The van der Waals surface area contributed by atoms with Crippen LogP contribution in [0.15, 0.2) is 0 Å². The van der Waals surface area contributed by atoms with E-state index in [0.29, 0.717) is 19.0 Å². The lowest BCUT2D eigenvalue weighted by Crippen LogP contribution is -2.16. The van der Waals surface area contributed by atoms with E-state index in [0.717, 1.165) is 12.8 Å². The Morgan fingerprint density at radius 3 is 2.20 bits per heavy atom. The third kappa shape index (κ3) is 2.38. The third-order valence-electron chi connectivity index (χ3n) is 2.37. The Balaban J connectivity index is 2.27. The van der Waals surface area contributed by atoms with E-state index in [1.54, 1.807) is 0 Å². The molecule has 0 saturated carbocycles. The minimum absolute atomic E-state index is 0.161. The lowest BCUT2D eigenvalue weighted by Gasteiger charge is -2.20. The first kappa shape index (κ1) is 11.0. The summed E-state index contributed by atoms with van der Waals surface area (Å²) in [5.74, 6) is -0.0850. The van der Waals surface area contributed by atoms with Crippen LogP contribution in [0.5, 0.6) is 0 Å². The zero-order chi connectivity index (χ0) is 10.8. The van der Waals surface area contributed by atoms with Crippen LogP contribution in [-0.4, -0.2) is 23.2 Å². The number of halogens is 3. The molecule has 0 aliphatic carbocycles. The van der Waals surface area contributed by atoms with Gasteiger partial charge < -0.3 is 4.74 Å². The van der Waals surface area contributed by atoms with Gasteiger partial charge in [0.25, 0.3) is 0 Å². The van der Waals surface area contributed by atoms with Gasteiger partial charge in [-0.1, -0.05) is 23.2 Å². The molecular weight excluding hydrogens is 242 g/mol. The maximum Gasteiger partial charge on any atom is 0.197 e. The van der Waals surface area contributed by atoms with Gasteiger partial charge in [0, 0.05) is 19.1 Å². The first-order valence-corrected chi connectivity index (χ1v) is 5.40. The molecule has 2 rings (SSSR count). The van der Waals surface area contributed by atoms with Crippen molar-refractivity contribution in [3.05, 3.63) is 21.9 Å². The van der Waals surface area contributed by atoms with Gasteiger partial charge >= 0.3 is 0 Å². The lowest BCUT2D eigenvalue weighted by molar-refractivity contribution is 0.0835. The van der Waals surface area contributed by atoms with Gasteiger partial charge in [-0.25, -0.2) is 14.4 Å². The Morgan fingerprint density at radius 1 is 1.13 bits per heavy atom. The van der Waals surface area contributed by atoms with Gasteiger partial charge in [0.1, 0.15) is 5.82 Å². The van der Waals surface area contributed by atoms with E-state index in [4.69, 9.17) is 27.9 Å². The minimum Gasteiger partial charge on any atom is -0.381 e. The zero-order valence-electron chi connectivity index (χ0n) is 7.84. The molecule has 15 heavy (non-hydrogen) atoms. The first-order valence-electron chi connectivity index (χ1n) is 4.64. The number of rotatable bonds is 1. The van der Waals surface area contributed by atoms with Crippen LogP contribution >= 0.6 is 23.2 Å². The van der Waals surface area contributed by atoms with Crippen LogP contribution in [0.1, 0.15) is 24.6 Å². The summed E-state index contributed by atoms with van der Waals surface area (Å²) in [5.41, 5.74) is 0. The maximum absolute atomic E-state index is 13.1. The van der Waals surface area contributed by atoms with Crippen molar-refractivity contribution in [1.29, 1.82) is 0 Å². The molecule has 3 nitrogen and oxygen atoms in total. The molecule has 0 amide bonds. The number of hydrogen-bond acceptors (Lipinski definition) is 3. The number of ether oxygens (including phenoxy) is 1. The van der Waals surface area contributed by atoms with Crippen molar-refractivity contribution in [1.82, 2.24) is 9.97 Å². The van der Waals surface area contributed by atoms with E-state index >= 15 is 0 Å². The van der Waals surface area contributed by atoms with Gasteiger partial charge in [-0.3, -0.25) is 0 Å². The van der Waals surface area contributed by atoms with Crippen LogP contribution in [0.3, 0.4) is 0 Å². The van der Waals surface area contributed by atoms with Crippen molar-refractivity contribution in [2.75, 3.05) is 13.2 Å². The molecule has 1 aromatic rings. The van der Waals surface area contributed by atoms with E-state index in [-0.39, 0.29) is 16.2 Å². The zero-order valence-corrected chi connectivity index (χ0v) is 9.35. The topological polar surface area (TPSA) is 35.0 Å². The maximum atomic E-state index is 13.1. The first-order chi connectivity index (χ1) is 7.18. The van der Waals surface area contributed by atoms with E-state index in [1.807, 2.05) is 0 Å². The van der Waals surface area contributed by atoms with Crippen molar-refractivity contribution >= 4 is 23.2 Å². The van der Waals surface area contributed by atoms with E-state index in [1.165, 1.54) is 0 Å². The molecule has 0 unspecified atom stereocenters. The highest BCUT2D eigenvalue weighted by Crippen LogP contribution is 2.27. The molecule has 1 aliphatic heterocycles. The SMILES string of the molecule is Fc1c(Cl)nc(C2CCOCC2)nc1Cl. The minimum atomic E-state index is -0.755. The Hall–Kier alpha value is -0.450. The summed E-state index contributed by atoms with van der Waals surface area (Å²) in [7, 11) is 0. The molecule has 2 heterocycles. The molecule has 0 aromatic carbocycles. The Labute approximate surface area is 96.6 Å². The standard InChI is InChI=1S/C9H9Cl2FN2O/c10-7-6(12)8(11)14-9(13-7)5-1-3-15-4-2-5/h5H,1-4H2. The van der Waals surface area contributed by atoms with Gasteiger partial charge in [-0.05, 0) is 12.8 Å². The average molecular weight is 251 g/mol. The number of hydrogen-bond donors (Lipinski definition) is 0. The molecule has 1 fully saturated rings. The van der Waals surface area contributed by atoms with Crippen LogP contribution in [0, 0.1) is 5.82 Å². The van der Waals surface area contributed by atoms with Crippen molar-refractivity contribution in [3.8, 4) is 0 Å². The van der Waals surface area contributed by atoms with Crippen molar-refractivity contribution in [2.45, 2.75) is 18.8 Å². The van der Waals surface area contributed by atoms with Crippen LogP contribution < -0.4 is 0 Å². The number of nitrogens with zero attached hydrogens (tertiary/aromatic N) is 2. The van der Waals surface area contributed by atoms with Gasteiger partial charge in [0.2, 0.25) is 0 Å². The van der Waals surface area contributed by atoms with Gasteiger partial charge in [-0.15, -0.1) is 0 Å². The highest BCUT2D eigenvalue weighted by Gasteiger charge is 2.21. The fourth-order valence-corrected chi connectivity index (χ4v) is 1.95. The Kier molecular flexibility index (Phi) is 3.38. The molecule has 6 heteroatoms. The molecule has 0 N–H and O–H groups in total. The smallest absolute Gasteiger partial charge is 0.197 e. The van der Waals surface area contributed by atoms with Crippen LogP contribution in [-0.2, 0) is 4.74 Å². The highest BCUT2D eigenvalue weighted by atomic mass is 35.5.